The summed E-state index contributed by atoms with van der Waals surface area (Å²) in [5.74, 6) is -0.481. The third kappa shape index (κ3) is 3.64. The second kappa shape index (κ2) is 6.18. The van der Waals surface area contributed by atoms with Crippen LogP contribution in [0.1, 0.15) is 38.8 Å². The highest BCUT2D eigenvalue weighted by Crippen LogP contribution is 2.26. The molecule has 0 fully saturated rings. The molecule has 0 saturated carbocycles. The SMILES string of the molecule is CCOC(=O)/C=C/c1cc2cc(C(C)(C)C)ccc2oc1=O. The third-order valence-electron chi connectivity index (χ3n) is 3.31. The number of ether oxygens (including phenoxy) is 1. The zero-order chi connectivity index (χ0) is 16.3. The smallest absolute Gasteiger partial charge is 0.343 e. The molecule has 4 nitrogen and oxygen atoms in total. The average Bonchev–Trinajstić information content (AvgIpc) is 2.44. The lowest BCUT2D eigenvalue weighted by molar-refractivity contribution is -0.137. The van der Waals surface area contributed by atoms with E-state index in [1.54, 1.807) is 19.1 Å². The number of carbonyl (C=O) groups excluding carboxylic acids is 1. The Morgan fingerprint density at radius 1 is 1.27 bits per heavy atom. The van der Waals surface area contributed by atoms with Gasteiger partial charge in [0.1, 0.15) is 5.58 Å². The van der Waals surface area contributed by atoms with E-state index in [1.165, 1.54) is 12.2 Å². The molecule has 2 aromatic rings. The van der Waals surface area contributed by atoms with Crippen molar-refractivity contribution in [3.63, 3.8) is 0 Å². The maximum absolute atomic E-state index is 11.9. The topological polar surface area (TPSA) is 56.5 Å². The molecule has 0 unspecified atom stereocenters. The van der Waals surface area contributed by atoms with Crippen LogP contribution in [0.25, 0.3) is 17.0 Å². The maximum atomic E-state index is 11.9. The van der Waals surface area contributed by atoms with Crippen LogP contribution in [0.3, 0.4) is 0 Å². The molecule has 0 bridgehead atoms. The average molecular weight is 300 g/mol. The minimum Gasteiger partial charge on any atom is -0.463 e. The van der Waals surface area contributed by atoms with Crippen molar-refractivity contribution in [2.75, 3.05) is 6.61 Å². The highest BCUT2D eigenvalue weighted by molar-refractivity contribution is 5.88. The van der Waals surface area contributed by atoms with Crippen LogP contribution in [0.4, 0.5) is 0 Å². The zero-order valence-electron chi connectivity index (χ0n) is 13.3. The number of hydrogen-bond donors (Lipinski definition) is 0. The van der Waals surface area contributed by atoms with Gasteiger partial charge in [0.25, 0.3) is 0 Å². The molecule has 1 heterocycles. The Kier molecular flexibility index (Phi) is 4.50. The van der Waals surface area contributed by atoms with Crippen molar-refractivity contribution >= 4 is 23.0 Å². The summed E-state index contributed by atoms with van der Waals surface area (Å²) in [4.78, 5) is 23.3. The summed E-state index contributed by atoms with van der Waals surface area (Å²) >= 11 is 0. The largest absolute Gasteiger partial charge is 0.463 e. The molecule has 0 N–H and O–H groups in total. The Labute approximate surface area is 129 Å². The van der Waals surface area contributed by atoms with Crippen LogP contribution < -0.4 is 5.63 Å². The summed E-state index contributed by atoms with van der Waals surface area (Å²) in [6.07, 6.45) is 2.65. The van der Waals surface area contributed by atoms with E-state index in [0.717, 1.165) is 10.9 Å². The molecule has 0 spiro atoms. The van der Waals surface area contributed by atoms with Crippen molar-refractivity contribution in [2.45, 2.75) is 33.1 Å². The molecule has 0 aliphatic carbocycles. The fraction of sp³-hybridized carbons (Fsp3) is 0.333. The van der Waals surface area contributed by atoms with Crippen LogP contribution in [0.15, 0.2) is 39.6 Å². The van der Waals surface area contributed by atoms with Crippen molar-refractivity contribution in [3.8, 4) is 0 Å². The standard InChI is InChI=1S/C18H20O4/c1-5-21-16(19)9-6-12-10-13-11-14(18(2,3)4)7-8-15(13)22-17(12)20/h6-11H,5H2,1-4H3/b9-6+. The Morgan fingerprint density at radius 2 is 2.00 bits per heavy atom. The summed E-state index contributed by atoms with van der Waals surface area (Å²) in [6, 6.07) is 7.49. The molecule has 2 rings (SSSR count). The van der Waals surface area contributed by atoms with Crippen molar-refractivity contribution in [2.24, 2.45) is 0 Å². The number of hydrogen-bond acceptors (Lipinski definition) is 4. The van der Waals surface area contributed by atoms with Crippen molar-refractivity contribution in [1.82, 2.24) is 0 Å². The zero-order valence-corrected chi connectivity index (χ0v) is 13.3. The first kappa shape index (κ1) is 16.0. The van der Waals surface area contributed by atoms with E-state index in [0.29, 0.717) is 17.8 Å². The van der Waals surface area contributed by atoms with Gasteiger partial charge < -0.3 is 9.15 Å². The van der Waals surface area contributed by atoms with Crippen LogP contribution in [-0.4, -0.2) is 12.6 Å². The van der Waals surface area contributed by atoms with E-state index in [4.69, 9.17) is 9.15 Å². The second-order valence-corrected chi connectivity index (χ2v) is 6.08. The van der Waals surface area contributed by atoms with E-state index in [2.05, 4.69) is 20.8 Å². The quantitative estimate of drug-likeness (QED) is 0.493. The molecule has 22 heavy (non-hydrogen) atoms. The van der Waals surface area contributed by atoms with Gasteiger partial charge in [0.05, 0.1) is 12.2 Å². The fourth-order valence-electron chi connectivity index (χ4n) is 2.07. The number of rotatable bonds is 3. The van der Waals surface area contributed by atoms with E-state index in [-0.39, 0.29) is 5.41 Å². The molecule has 1 aromatic heterocycles. The maximum Gasteiger partial charge on any atom is 0.343 e. The van der Waals surface area contributed by atoms with Gasteiger partial charge in [0.2, 0.25) is 0 Å². The van der Waals surface area contributed by atoms with Crippen LogP contribution in [0.5, 0.6) is 0 Å². The summed E-state index contributed by atoms with van der Waals surface area (Å²) in [5, 5.41) is 0.829. The first-order chi connectivity index (χ1) is 10.3. The molecule has 0 amide bonds. The molecule has 0 aliphatic heterocycles. The molecule has 1 aromatic carbocycles. The fourth-order valence-corrected chi connectivity index (χ4v) is 2.07. The minimum absolute atomic E-state index is 0.00522. The van der Waals surface area contributed by atoms with Crippen molar-refractivity contribution in [1.29, 1.82) is 0 Å². The van der Waals surface area contributed by atoms with Crippen molar-refractivity contribution in [3.05, 3.63) is 51.9 Å². The van der Waals surface area contributed by atoms with Crippen molar-refractivity contribution < 1.29 is 13.9 Å². The molecule has 0 atom stereocenters. The lowest BCUT2D eigenvalue weighted by Crippen LogP contribution is -2.11. The van der Waals surface area contributed by atoms with Gasteiger partial charge in [-0.1, -0.05) is 26.8 Å². The Morgan fingerprint density at radius 3 is 2.64 bits per heavy atom. The number of carbonyl (C=O) groups is 1. The molecule has 4 heteroatoms. The van der Waals surface area contributed by atoms with Gasteiger partial charge in [-0.05, 0) is 42.2 Å². The predicted molar refractivity (Wildman–Crippen MR) is 86.9 cm³/mol. The van der Waals surface area contributed by atoms with Crippen LogP contribution >= 0.6 is 0 Å². The van der Waals surface area contributed by atoms with Crippen LogP contribution in [0, 0.1) is 0 Å². The normalized spacial score (nSPS) is 12.0. The highest BCUT2D eigenvalue weighted by atomic mass is 16.5. The summed E-state index contributed by atoms with van der Waals surface area (Å²) in [5.41, 5.74) is 1.54. The van der Waals surface area contributed by atoms with E-state index < -0.39 is 11.6 Å². The lowest BCUT2D eigenvalue weighted by Gasteiger charge is -2.19. The number of fused-ring (bicyclic) bond motifs is 1. The molecule has 116 valence electrons. The predicted octanol–water partition coefficient (Wildman–Crippen LogP) is 3.67. The van der Waals surface area contributed by atoms with E-state index in [1.807, 2.05) is 12.1 Å². The minimum atomic E-state index is -0.481. The monoisotopic (exact) mass is 300 g/mol. The van der Waals surface area contributed by atoms with Gasteiger partial charge in [-0.25, -0.2) is 9.59 Å². The van der Waals surface area contributed by atoms with Gasteiger partial charge in [0, 0.05) is 11.5 Å². The molecular formula is C18H20O4. The molecule has 0 radical (unpaired) electrons. The summed E-state index contributed by atoms with van der Waals surface area (Å²) in [7, 11) is 0. The van der Waals surface area contributed by atoms with E-state index in [9.17, 15) is 9.59 Å². The Bertz CT molecular complexity index is 776. The summed E-state index contributed by atoms with van der Waals surface area (Å²) < 4.78 is 10.1. The van der Waals surface area contributed by atoms with Gasteiger partial charge in [-0.3, -0.25) is 0 Å². The van der Waals surface area contributed by atoms with Gasteiger partial charge >= 0.3 is 11.6 Å². The third-order valence-corrected chi connectivity index (χ3v) is 3.31. The highest BCUT2D eigenvalue weighted by Gasteiger charge is 2.14. The number of benzene rings is 1. The Hall–Kier alpha value is -2.36. The first-order valence-corrected chi connectivity index (χ1v) is 7.24. The Balaban J connectivity index is 2.46. The number of esters is 1. The van der Waals surface area contributed by atoms with E-state index >= 15 is 0 Å². The van der Waals surface area contributed by atoms with Gasteiger partial charge in [0.15, 0.2) is 0 Å². The van der Waals surface area contributed by atoms with Gasteiger partial charge in [-0.15, -0.1) is 0 Å². The second-order valence-electron chi connectivity index (χ2n) is 6.08. The molecule has 0 aliphatic rings. The summed E-state index contributed by atoms with van der Waals surface area (Å²) in [6.45, 7) is 8.38. The molecule has 0 saturated heterocycles. The first-order valence-electron chi connectivity index (χ1n) is 7.24. The molecular weight excluding hydrogens is 280 g/mol. The lowest BCUT2D eigenvalue weighted by atomic mass is 9.86. The van der Waals surface area contributed by atoms with Crippen LogP contribution in [-0.2, 0) is 14.9 Å². The van der Waals surface area contributed by atoms with Gasteiger partial charge in [-0.2, -0.15) is 0 Å². The van der Waals surface area contributed by atoms with Crippen LogP contribution in [0.2, 0.25) is 0 Å².